The molecule has 8 nitrogen and oxygen atoms in total. The van der Waals surface area contributed by atoms with E-state index in [0.29, 0.717) is 23.7 Å². The third-order valence-corrected chi connectivity index (χ3v) is 3.94. The highest BCUT2D eigenvalue weighted by molar-refractivity contribution is 6.04. The highest BCUT2D eigenvalue weighted by Crippen LogP contribution is 2.29. The average molecular weight is 386 g/mol. The Labute approximate surface area is 164 Å². The highest BCUT2D eigenvalue weighted by atomic mass is 16.5. The Morgan fingerprint density at radius 2 is 1.75 bits per heavy atom. The smallest absolute Gasteiger partial charge is 0.274 e. The molecule has 28 heavy (non-hydrogen) atoms. The number of carbonyl (C=O) groups excluding carboxylic acids is 2. The van der Waals surface area contributed by atoms with Gasteiger partial charge in [0.1, 0.15) is 22.9 Å². The van der Waals surface area contributed by atoms with Crippen molar-refractivity contribution < 1.29 is 19.1 Å². The van der Waals surface area contributed by atoms with Crippen molar-refractivity contribution in [1.29, 1.82) is 0 Å². The Hall–Kier alpha value is -3.13. The van der Waals surface area contributed by atoms with Crippen LogP contribution in [0, 0.1) is 0 Å². The first kappa shape index (κ1) is 21.2. The normalized spacial score (nSPS) is 10.5. The van der Waals surface area contributed by atoms with Crippen LogP contribution in [0.25, 0.3) is 0 Å². The van der Waals surface area contributed by atoms with Gasteiger partial charge in [0, 0.05) is 12.6 Å². The van der Waals surface area contributed by atoms with E-state index in [1.165, 1.54) is 7.11 Å². The molecular formula is C20H26N4O4. The van der Waals surface area contributed by atoms with Crippen LogP contribution in [0.2, 0.25) is 0 Å². The molecule has 0 aliphatic carbocycles. The van der Waals surface area contributed by atoms with Gasteiger partial charge in [-0.15, -0.1) is 0 Å². The molecule has 0 fully saturated rings. The largest absolute Gasteiger partial charge is 0.497 e. The van der Waals surface area contributed by atoms with Crippen molar-refractivity contribution in [3.63, 3.8) is 0 Å². The van der Waals surface area contributed by atoms with Crippen molar-refractivity contribution in [1.82, 2.24) is 15.2 Å². The summed E-state index contributed by atoms with van der Waals surface area (Å²) < 4.78 is 10.4. The minimum absolute atomic E-state index is 0.138. The molecule has 2 N–H and O–H groups in total. The summed E-state index contributed by atoms with van der Waals surface area (Å²) in [6.07, 6.45) is 0.830. The van der Waals surface area contributed by atoms with Gasteiger partial charge in [0.25, 0.3) is 11.8 Å². The molecule has 0 spiro atoms. The zero-order chi connectivity index (χ0) is 20.5. The van der Waals surface area contributed by atoms with Gasteiger partial charge in [-0.2, -0.15) is 0 Å². The Balaban J connectivity index is 2.05. The van der Waals surface area contributed by atoms with Gasteiger partial charge in [-0.25, -0.2) is 4.98 Å². The second kappa shape index (κ2) is 10.3. The van der Waals surface area contributed by atoms with Crippen molar-refractivity contribution in [3.05, 3.63) is 47.8 Å². The van der Waals surface area contributed by atoms with Crippen LogP contribution < -0.4 is 20.1 Å². The topological polar surface area (TPSA) is 92.8 Å². The van der Waals surface area contributed by atoms with E-state index in [9.17, 15) is 9.59 Å². The summed E-state index contributed by atoms with van der Waals surface area (Å²) in [5.41, 5.74) is 0.812. The van der Waals surface area contributed by atoms with Crippen LogP contribution in [0.15, 0.2) is 36.4 Å². The molecule has 0 unspecified atom stereocenters. The molecular weight excluding hydrogens is 360 g/mol. The predicted molar refractivity (Wildman–Crippen MR) is 107 cm³/mol. The molecule has 0 saturated heterocycles. The number of anilines is 1. The van der Waals surface area contributed by atoms with Crippen LogP contribution in [0.3, 0.4) is 0 Å². The summed E-state index contributed by atoms with van der Waals surface area (Å²) in [6.45, 7) is 1.41. The molecule has 0 aliphatic heterocycles. The molecule has 150 valence electrons. The first-order chi connectivity index (χ1) is 13.4. The zero-order valence-electron chi connectivity index (χ0n) is 16.6. The Morgan fingerprint density at radius 3 is 2.39 bits per heavy atom. The lowest BCUT2D eigenvalue weighted by Crippen LogP contribution is -2.28. The number of ether oxygens (including phenoxy) is 2. The maximum atomic E-state index is 12.5. The number of hydrogen-bond donors (Lipinski definition) is 2. The molecule has 0 atom stereocenters. The molecule has 0 radical (unpaired) electrons. The Bertz CT molecular complexity index is 824. The van der Waals surface area contributed by atoms with Crippen molar-refractivity contribution in [3.8, 4) is 11.5 Å². The third kappa shape index (κ3) is 5.95. The number of nitrogens with zero attached hydrogens (tertiary/aromatic N) is 2. The number of nitrogens with one attached hydrogen (secondary N) is 2. The van der Waals surface area contributed by atoms with E-state index in [2.05, 4.69) is 15.6 Å². The molecule has 0 saturated carbocycles. The Kier molecular flexibility index (Phi) is 7.76. The number of aromatic nitrogens is 1. The molecule has 2 amide bonds. The monoisotopic (exact) mass is 386 g/mol. The van der Waals surface area contributed by atoms with Gasteiger partial charge in [-0.1, -0.05) is 6.07 Å². The van der Waals surface area contributed by atoms with Gasteiger partial charge < -0.3 is 25.0 Å². The van der Waals surface area contributed by atoms with E-state index in [1.54, 1.807) is 43.5 Å². The van der Waals surface area contributed by atoms with Gasteiger partial charge in [0.15, 0.2) is 0 Å². The minimum atomic E-state index is -0.439. The fraction of sp³-hybridized carbons (Fsp3) is 0.350. The van der Waals surface area contributed by atoms with Gasteiger partial charge in [-0.05, 0) is 51.3 Å². The van der Waals surface area contributed by atoms with Gasteiger partial charge in [-0.3, -0.25) is 9.59 Å². The average Bonchev–Trinajstić information content (AvgIpc) is 2.71. The van der Waals surface area contributed by atoms with Crippen molar-refractivity contribution >= 4 is 17.5 Å². The second-order valence-corrected chi connectivity index (χ2v) is 6.34. The summed E-state index contributed by atoms with van der Waals surface area (Å²) >= 11 is 0. The zero-order valence-corrected chi connectivity index (χ0v) is 16.6. The second-order valence-electron chi connectivity index (χ2n) is 6.34. The Morgan fingerprint density at radius 1 is 1.04 bits per heavy atom. The summed E-state index contributed by atoms with van der Waals surface area (Å²) in [6, 6.07) is 9.81. The van der Waals surface area contributed by atoms with Crippen LogP contribution in [-0.2, 0) is 0 Å². The number of hydrogen-bond acceptors (Lipinski definition) is 6. The summed E-state index contributed by atoms with van der Waals surface area (Å²) in [7, 11) is 7.00. The van der Waals surface area contributed by atoms with Crippen molar-refractivity contribution in [2.75, 3.05) is 46.7 Å². The molecule has 1 aromatic heterocycles. The van der Waals surface area contributed by atoms with E-state index < -0.39 is 5.91 Å². The third-order valence-electron chi connectivity index (χ3n) is 3.94. The van der Waals surface area contributed by atoms with Gasteiger partial charge in [0.2, 0.25) is 0 Å². The maximum absolute atomic E-state index is 12.5. The van der Waals surface area contributed by atoms with Gasteiger partial charge >= 0.3 is 0 Å². The maximum Gasteiger partial charge on any atom is 0.274 e. The number of benzene rings is 1. The fourth-order valence-corrected chi connectivity index (χ4v) is 2.46. The number of rotatable bonds is 9. The van der Waals surface area contributed by atoms with E-state index in [4.69, 9.17) is 9.47 Å². The molecule has 1 heterocycles. The number of amides is 2. The van der Waals surface area contributed by atoms with E-state index in [0.717, 1.165) is 13.0 Å². The molecule has 2 rings (SSSR count). The van der Waals surface area contributed by atoms with Crippen LogP contribution in [0.1, 0.15) is 27.4 Å². The van der Waals surface area contributed by atoms with Gasteiger partial charge in [0.05, 0.1) is 19.9 Å². The van der Waals surface area contributed by atoms with Crippen LogP contribution in [0.4, 0.5) is 5.69 Å². The van der Waals surface area contributed by atoms with Crippen LogP contribution >= 0.6 is 0 Å². The number of carbonyl (C=O) groups is 2. The minimum Gasteiger partial charge on any atom is -0.497 e. The molecule has 0 bridgehead atoms. The summed E-state index contributed by atoms with van der Waals surface area (Å²) in [5.74, 6) is 0.324. The quantitative estimate of drug-likeness (QED) is 0.641. The van der Waals surface area contributed by atoms with E-state index in [-0.39, 0.29) is 17.3 Å². The van der Waals surface area contributed by atoms with Crippen LogP contribution in [-0.4, -0.2) is 63.1 Å². The van der Waals surface area contributed by atoms with Crippen molar-refractivity contribution in [2.45, 2.75) is 6.42 Å². The lowest BCUT2D eigenvalue weighted by molar-refractivity contribution is 0.0947. The summed E-state index contributed by atoms with van der Waals surface area (Å²) in [4.78, 5) is 31.0. The lowest BCUT2D eigenvalue weighted by Gasteiger charge is -2.12. The SMILES string of the molecule is COc1ccc(NC(=O)c2cccc(C(=O)NCCCN(C)C)n2)c(OC)c1. The lowest BCUT2D eigenvalue weighted by atomic mass is 10.2. The standard InChI is InChI=1S/C20H26N4O4/c1-24(2)12-6-11-21-19(25)16-7-5-8-17(22-16)20(26)23-15-10-9-14(27-3)13-18(15)28-4/h5,7-10,13H,6,11-12H2,1-4H3,(H,21,25)(H,23,26). The first-order valence-electron chi connectivity index (χ1n) is 8.88. The van der Waals surface area contributed by atoms with E-state index >= 15 is 0 Å². The van der Waals surface area contributed by atoms with Crippen LogP contribution in [0.5, 0.6) is 11.5 Å². The molecule has 0 aliphatic rings. The summed E-state index contributed by atoms with van der Waals surface area (Å²) in [5, 5.41) is 5.55. The number of methoxy groups -OCH3 is 2. The molecule has 1 aromatic carbocycles. The molecule has 8 heteroatoms. The van der Waals surface area contributed by atoms with E-state index in [1.807, 2.05) is 19.0 Å². The fourth-order valence-electron chi connectivity index (χ4n) is 2.46. The molecule has 2 aromatic rings. The van der Waals surface area contributed by atoms with Crippen molar-refractivity contribution in [2.24, 2.45) is 0 Å². The predicted octanol–water partition coefficient (Wildman–Crippen LogP) is 2.03. The first-order valence-corrected chi connectivity index (χ1v) is 8.88. The number of pyridine rings is 1. The highest BCUT2D eigenvalue weighted by Gasteiger charge is 2.14.